The smallest absolute Gasteiger partial charge is 0.243 e. The first-order valence-electron chi connectivity index (χ1n) is 11.3. The predicted octanol–water partition coefficient (Wildman–Crippen LogP) is 5.12. The van der Waals surface area contributed by atoms with Crippen molar-refractivity contribution in [2.45, 2.75) is 24.3 Å². The average Bonchev–Trinajstić information content (AvgIpc) is 3.31. The fraction of sp³-hybridized carbons (Fsp3) is 0.240. The Morgan fingerprint density at radius 1 is 1.11 bits per heavy atom. The number of thiazole rings is 1. The van der Waals surface area contributed by atoms with Crippen LogP contribution in [-0.2, 0) is 21.4 Å². The van der Waals surface area contributed by atoms with Crippen molar-refractivity contribution in [3.05, 3.63) is 83.4 Å². The Kier molecular flexibility index (Phi) is 7.03. The normalized spacial score (nSPS) is 15.3. The van der Waals surface area contributed by atoms with Crippen LogP contribution in [0.4, 0.5) is 9.52 Å². The summed E-state index contributed by atoms with van der Waals surface area (Å²) in [6, 6.07) is 15.7. The minimum atomic E-state index is -3.76. The van der Waals surface area contributed by atoms with Crippen LogP contribution in [0.3, 0.4) is 0 Å². The van der Waals surface area contributed by atoms with E-state index in [-0.39, 0.29) is 36.4 Å². The van der Waals surface area contributed by atoms with E-state index >= 15 is 0 Å². The number of benzene rings is 2. The summed E-state index contributed by atoms with van der Waals surface area (Å²) in [5, 5.41) is 1.14. The number of rotatable bonds is 6. The highest BCUT2D eigenvalue weighted by atomic mass is 35.5. The Bertz CT molecular complexity index is 1490. The molecular weight excluding hydrogens is 523 g/mol. The molecule has 0 atom stereocenters. The number of halogens is 2. The third-order valence-corrected chi connectivity index (χ3v) is 9.33. The minimum absolute atomic E-state index is 0.0404. The maximum absolute atomic E-state index is 13.7. The largest absolute Gasteiger partial charge is 0.282 e. The van der Waals surface area contributed by atoms with E-state index in [4.69, 9.17) is 11.6 Å². The highest BCUT2D eigenvalue weighted by Crippen LogP contribution is 2.34. The lowest BCUT2D eigenvalue weighted by atomic mass is 9.96. The number of amides is 1. The second-order valence-electron chi connectivity index (χ2n) is 8.49. The molecule has 0 bridgehead atoms. The van der Waals surface area contributed by atoms with Crippen LogP contribution in [0.25, 0.3) is 10.2 Å². The highest BCUT2D eigenvalue weighted by Gasteiger charge is 2.35. The monoisotopic (exact) mass is 544 g/mol. The number of pyridine rings is 1. The summed E-state index contributed by atoms with van der Waals surface area (Å²) in [6.07, 6.45) is 2.41. The summed E-state index contributed by atoms with van der Waals surface area (Å²) in [5.41, 5.74) is 1.47. The van der Waals surface area contributed by atoms with E-state index in [0.717, 1.165) is 28.0 Å². The maximum Gasteiger partial charge on any atom is 0.243 e. The highest BCUT2D eigenvalue weighted by molar-refractivity contribution is 7.89. The van der Waals surface area contributed by atoms with Crippen LogP contribution in [0.15, 0.2) is 71.8 Å². The third kappa shape index (κ3) is 5.12. The zero-order chi connectivity index (χ0) is 25.3. The van der Waals surface area contributed by atoms with Crippen molar-refractivity contribution in [1.29, 1.82) is 0 Å². The molecule has 0 saturated carbocycles. The molecule has 11 heteroatoms. The van der Waals surface area contributed by atoms with Crippen LogP contribution in [0.2, 0.25) is 5.02 Å². The lowest BCUT2D eigenvalue weighted by Gasteiger charge is -2.33. The molecule has 0 aliphatic carbocycles. The molecule has 1 saturated heterocycles. The molecule has 1 amide bonds. The van der Waals surface area contributed by atoms with E-state index in [0.29, 0.717) is 23.0 Å². The summed E-state index contributed by atoms with van der Waals surface area (Å²) >= 11 is 7.52. The van der Waals surface area contributed by atoms with Crippen LogP contribution >= 0.6 is 22.9 Å². The Hall–Kier alpha value is -2.92. The number of hydrogen-bond donors (Lipinski definition) is 0. The minimum Gasteiger partial charge on any atom is -0.282 e. The molecule has 3 heterocycles. The third-order valence-electron chi connectivity index (χ3n) is 6.14. The van der Waals surface area contributed by atoms with Crippen LogP contribution in [0, 0.1) is 11.7 Å². The SMILES string of the molecule is O=C(C1CCN(S(=O)(=O)c2ccc(F)cc2)CC1)N(Cc1ccccn1)c1nc2ccc(Cl)cc2s1. The summed E-state index contributed by atoms with van der Waals surface area (Å²) in [6.45, 7) is 0.646. The van der Waals surface area contributed by atoms with Crippen LogP contribution in [0.1, 0.15) is 18.5 Å². The maximum atomic E-state index is 13.7. The van der Waals surface area contributed by atoms with Crippen molar-refractivity contribution in [3.8, 4) is 0 Å². The van der Waals surface area contributed by atoms with E-state index < -0.39 is 15.8 Å². The van der Waals surface area contributed by atoms with Crippen molar-refractivity contribution in [1.82, 2.24) is 14.3 Å². The molecule has 0 unspecified atom stereocenters. The van der Waals surface area contributed by atoms with Gasteiger partial charge in [0.15, 0.2) is 5.13 Å². The number of hydrogen-bond acceptors (Lipinski definition) is 6. The van der Waals surface area contributed by atoms with Gasteiger partial charge in [-0.15, -0.1) is 0 Å². The molecule has 2 aromatic heterocycles. The number of fused-ring (bicyclic) bond motifs is 1. The topological polar surface area (TPSA) is 83.5 Å². The molecule has 0 N–H and O–H groups in total. The van der Waals surface area contributed by atoms with Gasteiger partial charge in [-0.2, -0.15) is 4.31 Å². The molecule has 1 fully saturated rings. The van der Waals surface area contributed by atoms with Gasteiger partial charge in [0.1, 0.15) is 5.82 Å². The molecule has 4 aromatic rings. The van der Waals surface area contributed by atoms with E-state index in [1.807, 2.05) is 30.3 Å². The van der Waals surface area contributed by atoms with E-state index in [9.17, 15) is 17.6 Å². The van der Waals surface area contributed by atoms with E-state index in [1.54, 1.807) is 17.2 Å². The summed E-state index contributed by atoms with van der Waals surface area (Å²) in [4.78, 5) is 24.5. The second kappa shape index (κ2) is 10.2. The van der Waals surface area contributed by atoms with Crippen molar-refractivity contribution in [2.75, 3.05) is 18.0 Å². The first-order valence-corrected chi connectivity index (χ1v) is 14.0. The average molecular weight is 545 g/mol. The number of anilines is 1. The van der Waals surface area contributed by atoms with Gasteiger partial charge in [0.2, 0.25) is 15.9 Å². The number of piperidine rings is 1. The molecule has 186 valence electrons. The number of sulfonamides is 1. The van der Waals surface area contributed by atoms with Gasteiger partial charge in [-0.1, -0.05) is 29.0 Å². The molecule has 7 nitrogen and oxygen atoms in total. The lowest BCUT2D eigenvalue weighted by Crippen LogP contribution is -2.44. The van der Waals surface area contributed by atoms with Crippen molar-refractivity contribution < 1.29 is 17.6 Å². The van der Waals surface area contributed by atoms with Gasteiger partial charge in [0.05, 0.1) is 27.4 Å². The predicted molar refractivity (Wildman–Crippen MR) is 138 cm³/mol. The fourth-order valence-corrected chi connectivity index (χ4v) is 6.93. The Morgan fingerprint density at radius 3 is 2.56 bits per heavy atom. The van der Waals surface area contributed by atoms with Crippen molar-refractivity contribution in [2.24, 2.45) is 5.92 Å². The standard InChI is InChI=1S/C25H22ClFN4O3S2/c26-18-4-9-22-23(15-18)35-25(29-22)31(16-20-3-1-2-12-28-20)24(32)17-10-13-30(14-11-17)36(33,34)21-7-5-19(27)6-8-21/h1-9,12,15,17H,10-11,13-14,16H2. The fourth-order valence-electron chi connectivity index (χ4n) is 4.21. The van der Waals surface area contributed by atoms with Gasteiger partial charge in [0, 0.05) is 30.2 Å². The molecule has 1 aliphatic heterocycles. The zero-order valence-corrected chi connectivity index (χ0v) is 21.4. The first kappa shape index (κ1) is 24.8. The number of carbonyl (C=O) groups is 1. The Labute approximate surface area is 217 Å². The van der Waals surface area contributed by atoms with Crippen LogP contribution in [-0.4, -0.2) is 41.7 Å². The molecule has 0 radical (unpaired) electrons. The van der Waals surface area contributed by atoms with Crippen molar-refractivity contribution >= 4 is 54.2 Å². The first-order chi connectivity index (χ1) is 17.3. The quantitative estimate of drug-likeness (QED) is 0.336. The van der Waals surface area contributed by atoms with Gasteiger partial charge in [-0.3, -0.25) is 14.7 Å². The van der Waals surface area contributed by atoms with Crippen LogP contribution in [0.5, 0.6) is 0 Å². The molecule has 36 heavy (non-hydrogen) atoms. The lowest BCUT2D eigenvalue weighted by molar-refractivity contribution is -0.123. The number of aromatic nitrogens is 2. The molecule has 0 spiro atoms. The van der Waals surface area contributed by atoms with Gasteiger partial charge in [-0.05, 0) is 67.4 Å². The van der Waals surface area contributed by atoms with E-state index in [1.165, 1.54) is 27.8 Å². The Balaban J connectivity index is 1.37. The van der Waals surface area contributed by atoms with Gasteiger partial charge in [-0.25, -0.2) is 17.8 Å². The molecule has 1 aliphatic rings. The summed E-state index contributed by atoms with van der Waals surface area (Å²) < 4.78 is 41.4. The van der Waals surface area contributed by atoms with Crippen molar-refractivity contribution in [3.63, 3.8) is 0 Å². The summed E-state index contributed by atoms with van der Waals surface area (Å²) in [7, 11) is -3.76. The van der Waals surface area contributed by atoms with Gasteiger partial charge in [0.25, 0.3) is 0 Å². The summed E-state index contributed by atoms with van der Waals surface area (Å²) in [5.74, 6) is -0.989. The van der Waals surface area contributed by atoms with Gasteiger partial charge >= 0.3 is 0 Å². The number of carbonyl (C=O) groups excluding carboxylic acids is 1. The zero-order valence-electron chi connectivity index (χ0n) is 19.0. The number of nitrogens with zero attached hydrogens (tertiary/aromatic N) is 4. The van der Waals surface area contributed by atoms with Gasteiger partial charge < -0.3 is 0 Å². The van der Waals surface area contributed by atoms with E-state index in [2.05, 4.69) is 9.97 Å². The molecular formula is C25H22ClFN4O3S2. The molecule has 5 rings (SSSR count). The molecule has 2 aromatic carbocycles. The second-order valence-corrected chi connectivity index (χ2v) is 11.9. The van der Waals surface area contributed by atoms with Crippen LogP contribution < -0.4 is 4.90 Å². The Morgan fingerprint density at radius 2 is 1.86 bits per heavy atom.